The van der Waals surface area contributed by atoms with Crippen molar-refractivity contribution in [1.82, 2.24) is 5.32 Å². The van der Waals surface area contributed by atoms with Crippen molar-refractivity contribution in [2.24, 2.45) is 5.92 Å². The van der Waals surface area contributed by atoms with E-state index in [-0.39, 0.29) is 23.3 Å². The second-order valence-corrected chi connectivity index (χ2v) is 11.1. The number of hydrogen-bond acceptors (Lipinski definition) is 3. The summed E-state index contributed by atoms with van der Waals surface area (Å²) >= 11 is 0. The molecule has 2 fully saturated rings. The molecule has 6 heteroatoms. The van der Waals surface area contributed by atoms with Crippen molar-refractivity contribution in [1.29, 1.82) is 0 Å². The third kappa shape index (κ3) is 3.41. The maximum Gasteiger partial charge on any atom is 0.232 e. The molecule has 1 heterocycles. The van der Waals surface area contributed by atoms with Crippen molar-refractivity contribution >= 4 is 21.6 Å². The van der Waals surface area contributed by atoms with Gasteiger partial charge in [-0.15, -0.1) is 0 Å². The van der Waals surface area contributed by atoms with Crippen LogP contribution in [-0.4, -0.2) is 33.2 Å². The largest absolute Gasteiger partial charge is 0.352 e. The zero-order valence-electron chi connectivity index (χ0n) is 17.3. The highest BCUT2D eigenvalue weighted by Crippen LogP contribution is 2.51. The van der Waals surface area contributed by atoms with Gasteiger partial charge < -0.3 is 5.32 Å². The number of nitrogens with zero attached hydrogens (tertiary/aromatic N) is 1. The standard InChI is InChI=1S/C24H28N2O3S/c1-30(28,29)26-16-24(20-9-5-6-10-22(20)26)13-11-18(12-14-24)23(27)25-21-15-19(21)17-7-3-2-4-8-17/h2-10,18-19,21H,11-16H2,1H3,(H,25,27)/t18?,19-,21+,24?/m0/s1. The summed E-state index contributed by atoms with van der Waals surface area (Å²) in [5.74, 6) is 0.627. The second-order valence-electron chi connectivity index (χ2n) is 9.21. The average Bonchev–Trinajstić information content (AvgIpc) is 3.43. The van der Waals surface area contributed by atoms with E-state index in [0.29, 0.717) is 12.5 Å². The van der Waals surface area contributed by atoms with E-state index in [1.54, 1.807) is 4.31 Å². The number of carbonyl (C=O) groups excluding carboxylic acids is 1. The Balaban J connectivity index is 1.24. The minimum atomic E-state index is -3.31. The summed E-state index contributed by atoms with van der Waals surface area (Å²) in [6.45, 7) is 0.498. The highest BCUT2D eigenvalue weighted by molar-refractivity contribution is 7.92. The number of benzene rings is 2. The fraction of sp³-hybridized carbons (Fsp3) is 0.458. The molecule has 1 spiro atoms. The van der Waals surface area contributed by atoms with Crippen LogP contribution in [-0.2, 0) is 20.2 Å². The lowest BCUT2D eigenvalue weighted by molar-refractivity contribution is -0.126. The Bertz CT molecular complexity index is 1060. The molecule has 1 amide bonds. The lowest BCUT2D eigenvalue weighted by Crippen LogP contribution is -2.42. The van der Waals surface area contributed by atoms with Gasteiger partial charge in [0.1, 0.15) is 0 Å². The van der Waals surface area contributed by atoms with Gasteiger partial charge in [0, 0.05) is 29.8 Å². The molecule has 1 aliphatic heterocycles. The van der Waals surface area contributed by atoms with Gasteiger partial charge >= 0.3 is 0 Å². The highest BCUT2D eigenvalue weighted by Gasteiger charge is 2.48. The Hall–Kier alpha value is -2.34. The number of nitrogens with one attached hydrogen (secondary N) is 1. The number of para-hydroxylation sites is 1. The Morgan fingerprint density at radius 3 is 2.40 bits per heavy atom. The molecule has 2 aromatic carbocycles. The summed E-state index contributed by atoms with van der Waals surface area (Å²) in [6, 6.07) is 18.5. The minimum Gasteiger partial charge on any atom is -0.352 e. The van der Waals surface area contributed by atoms with E-state index in [4.69, 9.17) is 0 Å². The topological polar surface area (TPSA) is 66.5 Å². The number of hydrogen-bond donors (Lipinski definition) is 1. The fourth-order valence-corrected chi connectivity index (χ4v) is 6.46. The van der Waals surface area contributed by atoms with Gasteiger partial charge in [-0.1, -0.05) is 48.5 Å². The number of sulfonamides is 1. The Kier molecular flexibility index (Phi) is 4.65. The van der Waals surface area contributed by atoms with Crippen molar-refractivity contribution in [3.05, 3.63) is 65.7 Å². The summed E-state index contributed by atoms with van der Waals surface area (Å²) in [7, 11) is -3.31. The van der Waals surface area contributed by atoms with Crippen LogP contribution in [0.3, 0.4) is 0 Å². The van der Waals surface area contributed by atoms with Crippen molar-refractivity contribution in [3.63, 3.8) is 0 Å². The molecule has 3 aliphatic rings. The van der Waals surface area contributed by atoms with Crippen LogP contribution in [0.25, 0.3) is 0 Å². The van der Waals surface area contributed by atoms with E-state index in [0.717, 1.165) is 43.4 Å². The summed E-state index contributed by atoms with van der Waals surface area (Å²) in [6.07, 6.45) is 5.60. The molecule has 0 bridgehead atoms. The number of fused-ring (bicyclic) bond motifs is 2. The van der Waals surface area contributed by atoms with Gasteiger partial charge in [-0.3, -0.25) is 9.10 Å². The summed E-state index contributed by atoms with van der Waals surface area (Å²) in [4.78, 5) is 12.9. The molecule has 30 heavy (non-hydrogen) atoms. The third-order valence-corrected chi connectivity index (χ3v) is 8.38. The normalized spacial score (nSPS) is 30.2. The van der Waals surface area contributed by atoms with Crippen LogP contribution in [0.2, 0.25) is 0 Å². The fourth-order valence-electron chi connectivity index (χ4n) is 5.46. The first-order chi connectivity index (χ1) is 14.4. The molecule has 2 atom stereocenters. The van der Waals surface area contributed by atoms with Crippen molar-refractivity contribution in [2.45, 2.75) is 49.5 Å². The van der Waals surface area contributed by atoms with Gasteiger partial charge in [-0.25, -0.2) is 8.42 Å². The summed E-state index contributed by atoms with van der Waals surface area (Å²) < 4.78 is 26.2. The molecule has 2 aliphatic carbocycles. The van der Waals surface area contributed by atoms with Crippen LogP contribution in [0.4, 0.5) is 5.69 Å². The molecular formula is C24H28N2O3S. The first-order valence-corrected chi connectivity index (χ1v) is 12.6. The molecule has 5 rings (SSSR count). The number of carbonyl (C=O) groups is 1. The molecular weight excluding hydrogens is 396 g/mol. The van der Waals surface area contributed by atoms with Crippen LogP contribution in [0.15, 0.2) is 54.6 Å². The van der Waals surface area contributed by atoms with Gasteiger partial charge in [-0.05, 0) is 49.3 Å². The predicted molar refractivity (Wildman–Crippen MR) is 118 cm³/mol. The second kappa shape index (κ2) is 7.12. The maximum absolute atomic E-state index is 12.9. The van der Waals surface area contributed by atoms with E-state index in [9.17, 15) is 13.2 Å². The quantitative estimate of drug-likeness (QED) is 0.816. The molecule has 5 nitrogen and oxygen atoms in total. The molecule has 0 saturated heterocycles. The molecule has 2 aromatic rings. The Morgan fingerprint density at radius 1 is 1.03 bits per heavy atom. The maximum atomic E-state index is 12.9. The number of anilines is 1. The molecule has 0 unspecified atom stereocenters. The van der Waals surface area contributed by atoms with Gasteiger partial charge in [-0.2, -0.15) is 0 Å². The average molecular weight is 425 g/mol. The lowest BCUT2D eigenvalue weighted by Gasteiger charge is -2.37. The zero-order chi connectivity index (χ0) is 20.9. The monoisotopic (exact) mass is 424 g/mol. The van der Waals surface area contributed by atoms with Crippen LogP contribution in [0.1, 0.15) is 49.1 Å². The van der Waals surface area contributed by atoms with Crippen molar-refractivity contribution in [3.8, 4) is 0 Å². The smallest absolute Gasteiger partial charge is 0.232 e. The van der Waals surface area contributed by atoms with Crippen LogP contribution in [0, 0.1) is 5.92 Å². The molecule has 158 valence electrons. The van der Waals surface area contributed by atoms with Gasteiger partial charge in [0.05, 0.1) is 11.9 Å². The molecule has 0 radical (unpaired) electrons. The molecule has 1 N–H and O–H groups in total. The zero-order valence-corrected chi connectivity index (χ0v) is 18.1. The Labute approximate surface area is 178 Å². The van der Waals surface area contributed by atoms with E-state index < -0.39 is 10.0 Å². The third-order valence-electron chi connectivity index (χ3n) is 7.25. The van der Waals surface area contributed by atoms with E-state index in [2.05, 4.69) is 23.5 Å². The van der Waals surface area contributed by atoms with Gasteiger partial charge in [0.15, 0.2) is 0 Å². The summed E-state index contributed by atoms with van der Waals surface area (Å²) in [5.41, 5.74) is 3.07. The molecule has 2 saturated carbocycles. The van der Waals surface area contributed by atoms with Crippen LogP contribution >= 0.6 is 0 Å². The van der Waals surface area contributed by atoms with Crippen LogP contribution in [0.5, 0.6) is 0 Å². The van der Waals surface area contributed by atoms with Crippen molar-refractivity contribution < 1.29 is 13.2 Å². The van der Waals surface area contributed by atoms with Crippen molar-refractivity contribution in [2.75, 3.05) is 17.1 Å². The number of rotatable bonds is 4. The van der Waals surface area contributed by atoms with E-state index in [1.807, 2.05) is 36.4 Å². The first-order valence-electron chi connectivity index (χ1n) is 10.8. The van der Waals surface area contributed by atoms with Gasteiger partial charge in [0.25, 0.3) is 0 Å². The minimum absolute atomic E-state index is 0.0205. The summed E-state index contributed by atoms with van der Waals surface area (Å²) in [5, 5.41) is 3.26. The first kappa shape index (κ1) is 19.6. The highest BCUT2D eigenvalue weighted by atomic mass is 32.2. The van der Waals surface area contributed by atoms with Gasteiger partial charge in [0.2, 0.25) is 15.9 Å². The predicted octanol–water partition coefficient (Wildman–Crippen LogP) is 3.57. The number of amides is 1. The SMILES string of the molecule is CS(=O)(=O)N1CC2(CCC(C(=O)N[C@@H]3C[C@H]3c3ccccc3)CC2)c2ccccc21. The Morgan fingerprint density at radius 2 is 1.70 bits per heavy atom. The van der Waals surface area contributed by atoms with E-state index >= 15 is 0 Å². The van der Waals surface area contributed by atoms with Crippen LogP contribution < -0.4 is 9.62 Å². The molecule has 0 aromatic heterocycles. The lowest BCUT2D eigenvalue weighted by atomic mass is 9.67. The van der Waals surface area contributed by atoms with E-state index in [1.165, 1.54) is 11.8 Å².